The van der Waals surface area contributed by atoms with Gasteiger partial charge in [-0.2, -0.15) is 0 Å². The van der Waals surface area contributed by atoms with Crippen molar-refractivity contribution in [3.8, 4) is 11.8 Å². The standard InChI is InChI=1S/C21H21ClN2OSi/c1-24-19-11-10-15(7-6-12-26(2)3)13-17(19)21(23-14-20(24)25)16-8-4-5-9-18(16)22/h4-5,8-11,13,26H,12,14H2,1-3H3. The second kappa shape index (κ2) is 7.90. The molecule has 1 aliphatic heterocycles. The van der Waals surface area contributed by atoms with Gasteiger partial charge in [0.05, 0.1) is 11.4 Å². The normalized spacial score (nSPS) is 13.7. The molecule has 1 amide bonds. The van der Waals surface area contributed by atoms with Crippen LogP contribution >= 0.6 is 11.6 Å². The monoisotopic (exact) mass is 380 g/mol. The molecule has 0 fully saturated rings. The number of fused-ring (bicyclic) bond motifs is 1. The molecule has 0 aromatic heterocycles. The number of hydrogen-bond acceptors (Lipinski definition) is 2. The van der Waals surface area contributed by atoms with E-state index in [-0.39, 0.29) is 12.5 Å². The lowest BCUT2D eigenvalue weighted by Crippen LogP contribution is -2.27. The highest BCUT2D eigenvalue weighted by atomic mass is 35.5. The van der Waals surface area contributed by atoms with Crippen molar-refractivity contribution in [2.45, 2.75) is 19.1 Å². The van der Waals surface area contributed by atoms with Gasteiger partial charge in [-0.3, -0.25) is 9.79 Å². The Bertz CT molecular complexity index is 941. The molecule has 1 aliphatic rings. The third kappa shape index (κ3) is 3.90. The van der Waals surface area contributed by atoms with Gasteiger partial charge in [-0.15, -0.1) is 5.92 Å². The van der Waals surface area contributed by atoms with Crippen LogP contribution in [0, 0.1) is 11.8 Å². The van der Waals surface area contributed by atoms with Crippen molar-refractivity contribution in [2.75, 3.05) is 18.5 Å². The summed E-state index contributed by atoms with van der Waals surface area (Å²) in [5.41, 5.74) is 4.22. The molecule has 0 saturated heterocycles. The van der Waals surface area contributed by atoms with Crippen LogP contribution in [-0.2, 0) is 4.79 Å². The largest absolute Gasteiger partial charge is 0.313 e. The molecule has 0 unspecified atom stereocenters. The summed E-state index contributed by atoms with van der Waals surface area (Å²) >= 11 is 6.41. The first-order chi connectivity index (χ1) is 12.5. The van der Waals surface area contributed by atoms with Crippen LogP contribution in [0.3, 0.4) is 0 Å². The zero-order chi connectivity index (χ0) is 18.7. The predicted molar refractivity (Wildman–Crippen MR) is 112 cm³/mol. The molecule has 26 heavy (non-hydrogen) atoms. The Labute approximate surface area is 161 Å². The lowest BCUT2D eigenvalue weighted by molar-refractivity contribution is -0.116. The Morgan fingerprint density at radius 2 is 1.96 bits per heavy atom. The summed E-state index contributed by atoms with van der Waals surface area (Å²) < 4.78 is 0. The molecule has 5 heteroatoms. The number of rotatable bonds is 2. The first kappa shape index (κ1) is 18.4. The Morgan fingerprint density at radius 3 is 2.69 bits per heavy atom. The van der Waals surface area contributed by atoms with E-state index in [1.807, 2.05) is 42.5 Å². The highest BCUT2D eigenvalue weighted by Gasteiger charge is 2.23. The molecule has 1 heterocycles. The fourth-order valence-electron chi connectivity index (χ4n) is 2.81. The molecule has 0 saturated carbocycles. The second-order valence-electron chi connectivity index (χ2n) is 6.73. The van der Waals surface area contributed by atoms with E-state index >= 15 is 0 Å². The van der Waals surface area contributed by atoms with Crippen LogP contribution in [0.2, 0.25) is 24.2 Å². The Balaban J connectivity index is 2.13. The number of halogens is 1. The van der Waals surface area contributed by atoms with Gasteiger partial charge in [-0.1, -0.05) is 48.8 Å². The van der Waals surface area contributed by atoms with E-state index in [4.69, 9.17) is 11.6 Å². The summed E-state index contributed by atoms with van der Waals surface area (Å²) in [5.74, 6) is 6.48. The van der Waals surface area contributed by atoms with E-state index in [1.165, 1.54) is 0 Å². The maximum absolute atomic E-state index is 12.3. The van der Waals surface area contributed by atoms with Gasteiger partial charge in [0.15, 0.2) is 0 Å². The first-order valence-corrected chi connectivity index (χ1v) is 12.2. The van der Waals surface area contributed by atoms with Crippen LogP contribution < -0.4 is 4.90 Å². The minimum Gasteiger partial charge on any atom is -0.313 e. The molecule has 3 nitrogen and oxygen atoms in total. The van der Waals surface area contributed by atoms with Crippen LogP contribution in [0.25, 0.3) is 0 Å². The van der Waals surface area contributed by atoms with Crippen LogP contribution in [0.1, 0.15) is 16.7 Å². The maximum atomic E-state index is 12.3. The molecule has 0 radical (unpaired) electrons. The average molecular weight is 381 g/mol. The Hall–Kier alpha value is -2.35. The van der Waals surface area contributed by atoms with Crippen molar-refractivity contribution in [2.24, 2.45) is 4.99 Å². The number of anilines is 1. The highest BCUT2D eigenvalue weighted by molar-refractivity contribution is 6.56. The lowest BCUT2D eigenvalue weighted by Gasteiger charge is -2.18. The summed E-state index contributed by atoms with van der Waals surface area (Å²) in [6.45, 7) is 4.68. The number of nitrogens with zero attached hydrogens (tertiary/aromatic N) is 2. The van der Waals surface area contributed by atoms with Gasteiger partial charge in [0.25, 0.3) is 0 Å². The zero-order valence-corrected chi connectivity index (χ0v) is 17.1. The van der Waals surface area contributed by atoms with Gasteiger partial charge in [-0.25, -0.2) is 0 Å². The first-order valence-electron chi connectivity index (χ1n) is 8.66. The summed E-state index contributed by atoms with van der Waals surface area (Å²) in [7, 11) is 1.08. The fraction of sp³-hybridized carbons (Fsp3) is 0.238. The van der Waals surface area contributed by atoms with Crippen molar-refractivity contribution in [1.82, 2.24) is 0 Å². The number of carbonyl (C=O) groups excluding carboxylic acids is 1. The fourth-order valence-corrected chi connectivity index (χ4v) is 3.54. The number of benzene rings is 2. The highest BCUT2D eigenvalue weighted by Crippen LogP contribution is 2.29. The van der Waals surface area contributed by atoms with Crippen molar-refractivity contribution in [3.05, 3.63) is 64.2 Å². The van der Waals surface area contributed by atoms with Crippen LogP contribution in [0.4, 0.5) is 5.69 Å². The minimum atomic E-state index is -0.698. The number of benzodiazepines with no additional fused rings is 1. The van der Waals surface area contributed by atoms with E-state index in [0.29, 0.717) is 5.02 Å². The van der Waals surface area contributed by atoms with Crippen molar-refractivity contribution in [3.63, 3.8) is 0 Å². The molecule has 2 aromatic rings. The summed E-state index contributed by atoms with van der Waals surface area (Å²) in [6, 6.07) is 14.5. The van der Waals surface area contributed by atoms with Crippen LogP contribution in [0.15, 0.2) is 47.5 Å². The number of hydrogen-bond donors (Lipinski definition) is 0. The van der Waals surface area contributed by atoms with Gasteiger partial charge in [-0.05, 0) is 24.3 Å². The van der Waals surface area contributed by atoms with E-state index < -0.39 is 8.80 Å². The molecule has 2 aromatic carbocycles. The van der Waals surface area contributed by atoms with E-state index in [2.05, 4.69) is 29.9 Å². The summed E-state index contributed by atoms with van der Waals surface area (Å²) in [6.07, 6.45) is 0. The van der Waals surface area contributed by atoms with Gasteiger partial charge >= 0.3 is 0 Å². The third-order valence-electron chi connectivity index (χ3n) is 4.23. The Morgan fingerprint density at radius 1 is 1.19 bits per heavy atom. The lowest BCUT2D eigenvalue weighted by atomic mass is 9.98. The average Bonchev–Trinajstić information content (AvgIpc) is 2.73. The number of amides is 1. The quantitative estimate of drug-likeness (QED) is 0.572. The number of aliphatic imine (C=N–C) groups is 1. The number of likely N-dealkylation sites (N-methyl/N-ethyl adjacent to an activating group) is 1. The van der Waals surface area contributed by atoms with Crippen LogP contribution in [-0.4, -0.2) is 34.0 Å². The topological polar surface area (TPSA) is 32.7 Å². The second-order valence-corrected chi connectivity index (χ2v) is 10.3. The SMILES string of the molecule is CN1C(=O)CN=C(c2ccccc2Cl)c2cc(C#CC[SiH](C)C)ccc21. The smallest absolute Gasteiger partial charge is 0.248 e. The Kier molecular flexibility index (Phi) is 5.60. The van der Waals surface area contributed by atoms with Crippen LogP contribution in [0.5, 0.6) is 0 Å². The molecule has 132 valence electrons. The molecule has 0 spiro atoms. The van der Waals surface area contributed by atoms with Crippen molar-refractivity contribution < 1.29 is 4.79 Å². The maximum Gasteiger partial charge on any atom is 0.248 e. The molecule has 0 atom stereocenters. The van der Waals surface area contributed by atoms with E-state index in [9.17, 15) is 4.79 Å². The number of carbonyl (C=O) groups is 1. The van der Waals surface area contributed by atoms with Crippen molar-refractivity contribution in [1.29, 1.82) is 0 Å². The molecular formula is C21H21ClN2OSi. The van der Waals surface area contributed by atoms with E-state index in [1.54, 1.807) is 11.9 Å². The zero-order valence-electron chi connectivity index (χ0n) is 15.2. The molecule has 0 N–H and O–H groups in total. The van der Waals surface area contributed by atoms with Gasteiger partial charge in [0, 0.05) is 43.6 Å². The molecule has 3 rings (SSSR count). The summed E-state index contributed by atoms with van der Waals surface area (Å²) in [4.78, 5) is 18.6. The van der Waals surface area contributed by atoms with Crippen molar-refractivity contribution >= 4 is 37.7 Å². The van der Waals surface area contributed by atoms with Gasteiger partial charge < -0.3 is 4.90 Å². The molecular weight excluding hydrogens is 360 g/mol. The predicted octanol–water partition coefficient (Wildman–Crippen LogP) is 3.99. The third-order valence-corrected chi connectivity index (χ3v) is 5.58. The molecule has 0 bridgehead atoms. The van der Waals surface area contributed by atoms with E-state index in [0.717, 1.165) is 34.1 Å². The summed E-state index contributed by atoms with van der Waals surface area (Å²) in [5, 5.41) is 0.622. The van der Waals surface area contributed by atoms with Gasteiger partial charge in [0.1, 0.15) is 6.54 Å². The minimum absolute atomic E-state index is 0.0436. The molecule has 0 aliphatic carbocycles. The van der Waals surface area contributed by atoms with Gasteiger partial charge in [0.2, 0.25) is 5.91 Å².